The molecule has 0 bridgehead atoms. The van der Waals surface area contributed by atoms with Crippen LogP contribution in [0.1, 0.15) is 30.1 Å². The molecule has 0 unspecified atom stereocenters. The van der Waals surface area contributed by atoms with Gasteiger partial charge in [0.05, 0.1) is 5.69 Å². The highest BCUT2D eigenvalue weighted by atomic mass is 19.3. The average molecular weight is 222 g/mol. The number of hydrogen-bond donors (Lipinski definition) is 1. The van der Waals surface area contributed by atoms with Crippen LogP contribution in [0.15, 0.2) is 0 Å². The molecule has 0 aromatic carbocycles. The summed E-state index contributed by atoms with van der Waals surface area (Å²) in [7, 11) is 0. The maximum atomic E-state index is 12.9. The van der Waals surface area contributed by atoms with E-state index >= 15 is 0 Å². The van der Waals surface area contributed by atoms with Gasteiger partial charge >= 0.3 is 12.3 Å². The summed E-state index contributed by atoms with van der Waals surface area (Å²) in [4.78, 5) is 5.87. The zero-order chi connectivity index (χ0) is 11.1. The SMILES string of the molecule is FC(F)C(F)(F)c1nc2c([nH]1)CCCC2. The molecule has 0 saturated carbocycles. The van der Waals surface area contributed by atoms with Crippen molar-refractivity contribution < 1.29 is 17.6 Å². The normalized spacial score (nSPS) is 16.9. The van der Waals surface area contributed by atoms with Crippen LogP contribution in [0.25, 0.3) is 0 Å². The van der Waals surface area contributed by atoms with Crippen LogP contribution in [-0.4, -0.2) is 16.4 Å². The van der Waals surface area contributed by atoms with Crippen molar-refractivity contribution in [2.24, 2.45) is 0 Å². The topological polar surface area (TPSA) is 28.7 Å². The van der Waals surface area contributed by atoms with Gasteiger partial charge < -0.3 is 4.98 Å². The van der Waals surface area contributed by atoms with E-state index in [1.165, 1.54) is 0 Å². The van der Waals surface area contributed by atoms with Crippen molar-refractivity contribution in [2.45, 2.75) is 38.0 Å². The third-order valence-corrected chi connectivity index (χ3v) is 2.54. The summed E-state index contributed by atoms with van der Waals surface area (Å²) in [6.07, 6.45) is -0.760. The number of alkyl halides is 4. The van der Waals surface area contributed by atoms with Crippen LogP contribution in [0, 0.1) is 0 Å². The van der Waals surface area contributed by atoms with Crippen LogP contribution < -0.4 is 0 Å². The van der Waals surface area contributed by atoms with Gasteiger partial charge in [0.2, 0.25) is 0 Å². The van der Waals surface area contributed by atoms with E-state index in [1.54, 1.807) is 0 Å². The molecule has 1 aliphatic carbocycles. The summed E-state index contributed by atoms with van der Waals surface area (Å²) < 4.78 is 49.9. The maximum absolute atomic E-state index is 12.9. The molecule has 84 valence electrons. The standard InChI is InChI=1S/C9H10F4N2/c10-7(11)9(12,13)8-14-5-3-1-2-4-6(5)15-8/h7H,1-4H2,(H,14,15). The second-order valence-electron chi connectivity index (χ2n) is 3.64. The third kappa shape index (κ3) is 1.72. The van der Waals surface area contributed by atoms with Gasteiger partial charge in [-0.3, -0.25) is 0 Å². The van der Waals surface area contributed by atoms with Gasteiger partial charge in [-0.15, -0.1) is 0 Å². The molecular formula is C9H10F4N2. The van der Waals surface area contributed by atoms with Crippen molar-refractivity contribution in [1.29, 1.82) is 0 Å². The van der Waals surface area contributed by atoms with Gasteiger partial charge in [0, 0.05) is 5.69 Å². The van der Waals surface area contributed by atoms with Crippen molar-refractivity contribution in [3.63, 3.8) is 0 Å². The number of imidazole rings is 1. The first-order valence-corrected chi connectivity index (χ1v) is 4.76. The number of rotatable bonds is 2. The molecule has 2 nitrogen and oxygen atoms in total. The molecule has 0 aliphatic heterocycles. The van der Waals surface area contributed by atoms with E-state index in [4.69, 9.17) is 0 Å². The molecule has 1 aromatic heterocycles. The Kier molecular flexibility index (Phi) is 2.44. The number of nitrogens with zero attached hydrogens (tertiary/aromatic N) is 1. The number of aromatic amines is 1. The van der Waals surface area contributed by atoms with Gasteiger partial charge in [-0.05, 0) is 25.7 Å². The Balaban J connectivity index is 2.33. The van der Waals surface area contributed by atoms with Gasteiger partial charge in [-0.2, -0.15) is 8.78 Å². The second kappa shape index (κ2) is 3.50. The summed E-state index contributed by atoms with van der Waals surface area (Å²) in [5.41, 5.74) is 1.09. The van der Waals surface area contributed by atoms with Crippen LogP contribution in [0.4, 0.5) is 17.6 Å². The number of nitrogens with one attached hydrogen (secondary N) is 1. The van der Waals surface area contributed by atoms with Crippen molar-refractivity contribution in [1.82, 2.24) is 9.97 Å². The Morgan fingerprint density at radius 2 is 1.87 bits per heavy atom. The van der Waals surface area contributed by atoms with Crippen LogP contribution in [0.3, 0.4) is 0 Å². The number of hydrogen-bond acceptors (Lipinski definition) is 1. The second-order valence-corrected chi connectivity index (χ2v) is 3.64. The van der Waals surface area contributed by atoms with E-state index in [2.05, 4.69) is 9.97 Å². The maximum Gasteiger partial charge on any atom is 0.363 e. The molecule has 0 atom stereocenters. The summed E-state index contributed by atoms with van der Waals surface area (Å²) in [6, 6.07) is 0. The summed E-state index contributed by atoms with van der Waals surface area (Å²) in [5.74, 6) is -5.07. The van der Waals surface area contributed by atoms with Crippen molar-refractivity contribution in [2.75, 3.05) is 0 Å². The lowest BCUT2D eigenvalue weighted by molar-refractivity contribution is -0.140. The summed E-state index contributed by atoms with van der Waals surface area (Å²) >= 11 is 0. The zero-order valence-electron chi connectivity index (χ0n) is 7.86. The Labute approximate surface area is 83.7 Å². The predicted molar refractivity (Wildman–Crippen MR) is 45.1 cm³/mol. The quantitative estimate of drug-likeness (QED) is 0.765. The van der Waals surface area contributed by atoms with Gasteiger partial charge in [-0.25, -0.2) is 13.8 Å². The van der Waals surface area contributed by atoms with E-state index < -0.39 is 18.2 Å². The highest BCUT2D eigenvalue weighted by molar-refractivity contribution is 5.19. The first-order valence-electron chi connectivity index (χ1n) is 4.76. The number of halogens is 4. The first kappa shape index (κ1) is 10.4. The lowest BCUT2D eigenvalue weighted by Crippen LogP contribution is -2.25. The minimum atomic E-state index is -4.17. The molecular weight excluding hydrogens is 212 g/mol. The summed E-state index contributed by atoms with van der Waals surface area (Å²) in [6.45, 7) is 0. The molecule has 1 aliphatic rings. The molecule has 1 heterocycles. The van der Waals surface area contributed by atoms with E-state index in [0.29, 0.717) is 24.2 Å². The van der Waals surface area contributed by atoms with E-state index in [1.807, 2.05) is 0 Å². The van der Waals surface area contributed by atoms with Crippen molar-refractivity contribution >= 4 is 0 Å². The smallest absolute Gasteiger partial charge is 0.340 e. The molecule has 2 rings (SSSR count). The Hall–Kier alpha value is -1.07. The van der Waals surface area contributed by atoms with Crippen molar-refractivity contribution in [3.8, 4) is 0 Å². The van der Waals surface area contributed by atoms with Gasteiger partial charge in [0.1, 0.15) is 0 Å². The van der Waals surface area contributed by atoms with E-state index in [-0.39, 0.29) is 0 Å². The number of aromatic nitrogens is 2. The molecule has 0 spiro atoms. The molecule has 0 amide bonds. The van der Waals surface area contributed by atoms with Crippen LogP contribution in [-0.2, 0) is 18.8 Å². The first-order chi connectivity index (χ1) is 7.01. The minimum absolute atomic E-state index is 0.511. The molecule has 15 heavy (non-hydrogen) atoms. The predicted octanol–water partition coefficient (Wildman–Crippen LogP) is 2.65. The molecule has 0 saturated heterocycles. The highest BCUT2D eigenvalue weighted by Gasteiger charge is 2.46. The van der Waals surface area contributed by atoms with E-state index in [0.717, 1.165) is 12.8 Å². The lowest BCUT2D eigenvalue weighted by atomic mass is 10.0. The molecule has 0 fully saturated rings. The van der Waals surface area contributed by atoms with Crippen molar-refractivity contribution in [3.05, 3.63) is 17.2 Å². The van der Waals surface area contributed by atoms with Crippen LogP contribution in [0.2, 0.25) is 0 Å². The van der Waals surface area contributed by atoms with Gasteiger partial charge in [0.15, 0.2) is 5.82 Å². The third-order valence-electron chi connectivity index (χ3n) is 2.54. The Morgan fingerprint density at radius 1 is 1.20 bits per heavy atom. The fourth-order valence-corrected chi connectivity index (χ4v) is 1.71. The lowest BCUT2D eigenvalue weighted by Gasteiger charge is -2.11. The number of aryl methyl sites for hydroxylation is 2. The highest BCUT2D eigenvalue weighted by Crippen LogP contribution is 2.34. The van der Waals surface area contributed by atoms with Gasteiger partial charge in [0.25, 0.3) is 0 Å². The molecule has 1 aromatic rings. The van der Waals surface area contributed by atoms with Crippen LogP contribution in [0.5, 0.6) is 0 Å². The molecule has 0 radical (unpaired) electrons. The number of H-pyrrole nitrogens is 1. The molecule has 1 N–H and O–H groups in total. The fraction of sp³-hybridized carbons (Fsp3) is 0.667. The van der Waals surface area contributed by atoms with Crippen LogP contribution >= 0.6 is 0 Å². The Morgan fingerprint density at radius 3 is 2.47 bits per heavy atom. The fourth-order valence-electron chi connectivity index (χ4n) is 1.71. The average Bonchev–Trinajstić information content (AvgIpc) is 2.61. The summed E-state index contributed by atoms with van der Waals surface area (Å²) in [5, 5.41) is 0. The largest absolute Gasteiger partial charge is 0.363 e. The Bertz CT molecular complexity index is 335. The minimum Gasteiger partial charge on any atom is -0.340 e. The zero-order valence-corrected chi connectivity index (χ0v) is 7.86. The number of fused-ring (bicyclic) bond motifs is 1. The molecule has 6 heteroatoms. The monoisotopic (exact) mass is 222 g/mol. The van der Waals surface area contributed by atoms with E-state index in [9.17, 15) is 17.6 Å². The van der Waals surface area contributed by atoms with Gasteiger partial charge in [-0.1, -0.05) is 0 Å².